The van der Waals surface area contributed by atoms with Gasteiger partial charge in [0.15, 0.2) is 5.12 Å². The maximum atomic E-state index is 11.7. The summed E-state index contributed by atoms with van der Waals surface area (Å²) in [4.78, 5) is 24.0. The summed E-state index contributed by atoms with van der Waals surface area (Å²) in [7, 11) is 3.42. The molecular weight excluding hydrogens is 246 g/mol. The van der Waals surface area contributed by atoms with E-state index in [0.29, 0.717) is 11.3 Å². The summed E-state index contributed by atoms with van der Waals surface area (Å²) < 4.78 is 0. The maximum Gasteiger partial charge on any atom is 0.253 e. The molecule has 0 saturated carbocycles. The van der Waals surface area contributed by atoms with Gasteiger partial charge in [-0.2, -0.15) is 0 Å². The summed E-state index contributed by atoms with van der Waals surface area (Å²) in [6.07, 6.45) is 0. The number of nitrogens with zero attached hydrogens (tertiary/aromatic N) is 1. The second-order valence-corrected chi connectivity index (χ2v) is 5.01. The van der Waals surface area contributed by atoms with E-state index in [1.165, 1.54) is 23.6 Å². The van der Waals surface area contributed by atoms with E-state index in [4.69, 9.17) is 0 Å². The number of carbonyl (C=O) groups excluding carboxylic acids is 2. The highest BCUT2D eigenvalue weighted by Gasteiger charge is 2.07. The lowest BCUT2D eigenvalue weighted by atomic mass is 10.1. The zero-order valence-corrected chi connectivity index (χ0v) is 11.5. The van der Waals surface area contributed by atoms with Crippen molar-refractivity contribution in [3.05, 3.63) is 35.4 Å². The van der Waals surface area contributed by atoms with Crippen molar-refractivity contribution in [2.45, 2.75) is 6.92 Å². The minimum absolute atomic E-state index is 0.0447. The zero-order valence-electron chi connectivity index (χ0n) is 10.7. The van der Waals surface area contributed by atoms with Gasteiger partial charge in [-0.1, -0.05) is 29.7 Å². The average molecular weight is 261 g/mol. The Labute approximate surface area is 112 Å². The van der Waals surface area contributed by atoms with Crippen LogP contribution < -0.4 is 0 Å². The minimum Gasteiger partial charge on any atom is -0.345 e. The van der Waals surface area contributed by atoms with Gasteiger partial charge in [0.1, 0.15) is 0 Å². The molecule has 4 heteroatoms. The lowest BCUT2D eigenvalue weighted by Crippen LogP contribution is -2.21. The molecule has 0 aliphatic heterocycles. The van der Waals surface area contributed by atoms with Crippen molar-refractivity contribution in [2.75, 3.05) is 19.8 Å². The molecule has 0 aliphatic rings. The van der Waals surface area contributed by atoms with Gasteiger partial charge in [0.25, 0.3) is 5.91 Å². The largest absolute Gasteiger partial charge is 0.345 e. The molecule has 0 N–H and O–H groups in total. The van der Waals surface area contributed by atoms with Crippen LogP contribution in [0.1, 0.15) is 22.8 Å². The second kappa shape index (κ2) is 6.87. The van der Waals surface area contributed by atoms with Crippen LogP contribution in [0.5, 0.6) is 0 Å². The van der Waals surface area contributed by atoms with Crippen LogP contribution in [0.25, 0.3) is 0 Å². The zero-order chi connectivity index (χ0) is 13.5. The summed E-state index contributed by atoms with van der Waals surface area (Å²) in [6.45, 7) is 1.52. The first-order chi connectivity index (χ1) is 8.50. The van der Waals surface area contributed by atoms with Gasteiger partial charge < -0.3 is 4.90 Å². The lowest BCUT2D eigenvalue weighted by Gasteiger charge is -2.09. The Morgan fingerprint density at radius 2 is 2.06 bits per heavy atom. The molecule has 0 bridgehead atoms. The number of amides is 1. The van der Waals surface area contributed by atoms with Crippen LogP contribution in [0.2, 0.25) is 0 Å². The standard InChI is InChI=1S/C14H15NO2S/c1-11(16)18-9-5-7-12-6-4-8-13(10-12)14(17)15(2)3/h4,6,8,10H,9H2,1-3H3. The number of thioether (sulfide) groups is 1. The molecule has 0 atom stereocenters. The van der Waals surface area contributed by atoms with Crippen LogP contribution in [0, 0.1) is 11.8 Å². The Morgan fingerprint density at radius 3 is 2.67 bits per heavy atom. The molecule has 1 aromatic rings. The van der Waals surface area contributed by atoms with E-state index in [0.717, 1.165) is 5.56 Å². The van der Waals surface area contributed by atoms with Gasteiger partial charge in [-0.3, -0.25) is 9.59 Å². The maximum absolute atomic E-state index is 11.7. The number of benzene rings is 1. The Hall–Kier alpha value is -1.73. The highest BCUT2D eigenvalue weighted by molar-refractivity contribution is 8.13. The Bertz CT molecular complexity index is 512. The van der Waals surface area contributed by atoms with Crippen molar-refractivity contribution in [3.63, 3.8) is 0 Å². The summed E-state index contributed by atoms with van der Waals surface area (Å²) in [5.74, 6) is 6.26. The van der Waals surface area contributed by atoms with Crippen LogP contribution in [0.3, 0.4) is 0 Å². The number of hydrogen-bond acceptors (Lipinski definition) is 3. The van der Waals surface area contributed by atoms with Crippen molar-refractivity contribution in [1.29, 1.82) is 0 Å². The van der Waals surface area contributed by atoms with E-state index in [9.17, 15) is 9.59 Å². The molecule has 0 aliphatic carbocycles. The van der Waals surface area contributed by atoms with Gasteiger partial charge in [0, 0.05) is 32.1 Å². The summed E-state index contributed by atoms with van der Waals surface area (Å²) in [5.41, 5.74) is 1.40. The molecular formula is C14H15NO2S. The van der Waals surface area contributed by atoms with Crippen LogP contribution in [0.15, 0.2) is 24.3 Å². The van der Waals surface area contributed by atoms with Gasteiger partial charge in [0.05, 0.1) is 5.75 Å². The number of carbonyl (C=O) groups is 2. The molecule has 3 nitrogen and oxygen atoms in total. The normalized spacial score (nSPS) is 9.28. The van der Waals surface area contributed by atoms with E-state index < -0.39 is 0 Å². The Balaban J connectivity index is 2.76. The SMILES string of the molecule is CC(=O)SCC#Cc1cccc(C(=O)N(C)C)c1. The molecule has 1 amide bonds. The molecule has 0 fully saturated rings. The van der Waals surface area contributed by atoms with E-state index in [-0.39, 0.29) is 11.0 Å². The monoisotopic (exact) mass is 261 g/mol. The van der Waals surface area contributed by atoms with Crippen molar-refractivity contribution >= 4 is 22.8 Å². The number of hydrogen-bond donors (Lipinski definition) is 0. The van der Waals surface area contributed by atoms with Crippen LogP contribution in [-0.4, -0.2) is 35.8 Å². The third-order valence-corrected chi connectivity index (χ3v) is 2.79. The Morgan fingerprint density at radius 1 is 1.33 bits per heavy atom. The Kier molecular flexibility index (Phi) is 5.47. The van der Waals surface area contributed by atoms with Gasteiger partial charge in [-0.05, 0) is 18.2 Å². The van der Waals surface area contributed by atoms with Gasteiger partial charge >= 0.3 is 0 Å². The van der Waals surface area contributed by atoms with E-state index in [2.05, 4.69) is 11.8 Å². The molecule has 0 radical (unpaired) electrons. The second-order valence-electron chi connectivity index (χ2n) is 3.86. The fourth-order valence-electron chi connectivity index (χ4n) is 1.26. The van der Waals surface area contributed by atoms with Crippen LogP contribution >= 0.6 is 11.8 Å². The molecule has 0 aromatic heterocycles. The van der Waals surface area contributed by atoms with Crippen molar-refractivity contribution in [2.24, 2.45) is 0 Å². The van der Waals surface area contributed by atoms with Crippen molar-refractivity contribution < 1.29 is 9.59 Å². The summed E-state index contributed by atoms with van der Waals surface area (Å²) in [6, 6.07) is 7.17. The molecule has 0 spiro atoms. The summed E-state index contributed by atoms with van der Waals surface area (Å²) >= 11 is 1.18. The first-order valence-electron chi connectivity index (χ1n) is 5.44. The molecule has 0 unspecified atom stereocenters. The topological polar surface area (TPSA) is 37.4 Å². The minimum atomic E-state index is -0.0447. The predicted octanol–water partition coefficient (Wildman–Crippen LogP) is 2.02. The summed E-state index contributed by atoms with van der Waals surface area (Å²) in [5, 5.41) is 0.0563. The van der Waals surface area contributed by atoms with E-state index >= 15 is 0 Å². The van der Waals surface area contributed by atoms with Crippen LogP contribution in [-0.2, 0) is 4.79 Å². The third-order valence-electron chi connectivity index (χ3n) is 2.10. The molecule has 0 saturated heterocycles. The van der Waals surface area contributed by atoms with Gasteiger partial charge in [0.2, 0.25) is 0 Å². The highest BCUT2D eigenvalue weighted by Crippen LogP contribution is 2.06. The van der Waals surface area contributed by atoms with Gasteiger partial charge in [-0.25, -0.2) is 0 Å². The van der Waals surface area contributed by atoms with Crippen molar-refractivity contribution in [3.8, 4) is 11.8 Å². The van der Waals surface area contributed by atoms with Gasteiger partial charge in [-0.15, -0.1) is 0 Å². The fourth-order valence-corrected chi connectivity index (χ4v) is 1.61. The predicted molar refractivity (Wildman–Crippen MR) is 74.5 cm³/mol. The smallest absolute Gasteiger partial charge is 0.253 e. The van der Waals surface area contributed by atoms with Crippen LogP contribution in [0.4, 0.5) is 0 Å². The average Bonchev–Trinajstić information content (AvgIpc) is 2.33. The molecule has 1 rings (SSSR count). The highest BCUT2D eigenvalue weighted by atomic mass is 32.2. The first kappa shape index (κ1) is 14.3. The van der Waals surface area contributed by atoms with E-state index in [1.807, 2.05) is 6.07 Å². The molecule has 94 valence electrons. The van der Waals surface area contributed by atoms with E-state index in [1.54, 1.807) is 32.3 Å². The third kappa shape index (κ3) is 4.64. The lowest BCUT2D eigenvalue weighted by molar-refractivity contribution is -0.109. The molecule has 1 aromatic carbocycles. The first-order valence-corrected chi connectivity index (χ1v) is 6.43. The van der Waals surface area contributed by atoms with Crippen molar-refractivity contribution in [1.82, 2.24) is 4.90 Å². The number of rotatable bonds is 2. The quantitative estimate of drug-likeness (QED) is 0.764. The fraction of sp³-hybridized carbons (Fsp3) is 0.286. The molecule has 18 heavy (non-hydrogen) atoms. The molecule has 0 heterocycles.